The van der Waals surface area contributed by atoms with Gasteiger partial charge in [-0.15, -0.1) is 0 Å². The number of aromatic amines is 1. The number of hydrogen-bond donors (Lipinski definition) is 1. The van der Waals surface area contributed by atoms with Crippen molar-refractivity contribution in [3.63, 3.8) is 0 Å². The molecule has 0 saturated heterocycles. The second-order valence-corrected chi connectivity index (χ2v) is 4.40. The summed E-state index contributed by atoms with van der Waals surface area (Å²) in [6.45, 7) is 0. The van der Waals surface area contributed by atoms with Crippen LogP contribution in [-0.4, -0.2) is 9.55 Å². The Morgan fingerprint density at radius 1 is 1.40 bits per heavy atom. The van der Waals surface area contributed by atoms with Crippen molar-refractivity contribution in [3.8, 4) is 0 Å². The van der Waals surface area contributed by atoms with Crippen LogP contribution in [0.15, 0.2) is 26.2 Å². The standard InChI is InChI=1S/C9H6BrClN2O2/c1-13-8(14)5-2-4(11)3-6(10)7(5)12-9(13)15/h2-3H,1H3,(H,12,15). The molecule has 1 aromatic carbocycles. The maximum Gasteiger partial charge on any atom is 0.328 e. The highest BCUT2D eigenvalue weighted by Crippen LogP contribution is 2.23. The van der Waals surface area contributed by atoms with E-state index in [9.17, 15) is 9.59 Å². The monoisotopic (exact) mass is 288 g/mol. The molecular weight excluding hydrogens is 283 g/mol. The number of hydrogen-bond acceptors (Lipinski definition) is 2. The number of fused-ring (bicyclic) bond motifs is 1. The Labute approximate surface area is 97.6 Å². The molecule has 0 unspecified atom stereocenters. The third-order valence-electron chi connectivity index (χ3n) is 2.13. The van der Waals surface area contributed by atoms with Gasteiger partial charge < -0.3 is 4.98 Å². The number of nitrogens with one attached hydrogen (secondary N) is 1. The van der Waals surface area contributed by atoms with Crippen molar-refractivity contribution in [1.29, 1.82) is 0 Å². The Bertz CT molecular complexity index is 659. The minimum Gasteiger partial charge on any atom is -0.306 e. The molecule has 1 heterocycles. The van der Waals surface area contributed by atoms with Crippen molar-refractivity contribution in [2.45, 2.75) is 0 Å². The van der Waals surface area contributed by atoms with Gasteiger partial charge in [-0.1, -0.05) is 11.6 Å². The molecule has 0 saturated carbocycles. The minimum absolute atomic E-state index is 0.364. The Hall–Kier alpha value is -1.07. The quantitative estimate of drug-likeness (QED) is 0.801. The molecule has 0 atom stereocenters. The molecule has 2 rings (SSSR count). The fourth-order valence-electron chi connectivity index (χ4n) is 1.33. The van der Waals surface area contributed by atoms with Crippen LogP contribution in [-0.2, 0) is 7.05 Å². The summed E-state index contributed by atoms with van der Waals surface area (Å²) in [4.78, 5) is 25.7. The van der Waals surface area contributed by atoms with Gasteiger partial charge in [0.1, 0.15) is 0 Å². The molecule has 2 aromatic rings. The van der Waals surface area contributed by atoms with E-state index in [1.54, 1.807) is 6.07 Å². The van der Waals surface area contributed by atoms with Gasteiger partial charge in [-0.25, -0.2) is 4.79 Å². The Kier molecular flexibility index (Phi) is 2.44. The molecule has 1 aromatic heterocycles. The van der Waals surface area contributed by atoms with Gasteiger partial charge in [0.05, 0.1) is 10.9 Å². The van der Waals surface area contributed by atoms with Gasteiger partial charge in [-0.2, -0.15) is 0 Å². The van der Waals surface area contributed by atoms with Crippen LogP contribution in [0.4, 0.5) is 0 Å². The van der Waals surface area contributed by atoms with E-state index in [2.05, 4.69) is 20.9 Å². The topological polar surface area (TPSA) is 54.9 Å². The molecule has 6 heteroatoms. The summed E-state index contributed by atoms with van der Waals surface area (Å²) < 4.78 is 1.60. The lowest BCUT2D eigenvalue weighted by Gasteiger charge is -2.03. The van der Waals surface area contributed by atoms with E-state index in [1.807, 2.05) is 0 Å². The number of nitrogens with zero attached hydrogens (tertiary/aromatic N) is 1. The van der Waals surface area contributed by atoms with Crippen LogP contribution < -0.4 is 11.2 Å². The first-order chi connectivity index (χ1) is 7.00. The summed E-state index contributed by atoms with van der Waals surface area (Å²) in [5, 5.41) is 0.829. The van der Waals surface area contributed by atoms with E-state index >= 15 is 0 Å². The fraction of sp³-hybridized carbons (Fsp3) is 0.111. The van der Waals surface area contributed by atoms with Crippen molar-refractivity contribution >= 4 is 38.4 Å². The molecule has 0 aliphatic rings. The zero-order chi connectivity index (χ0) is 11.2. The lowest BCUT2D eigenvalue weighted by Crippen LogP contribution is -2.32. The predicted molar refractivity (Wildman–Crippen MR) is 62.5 cm³/mol. The molecule has 0 radical (unpaired) electrons. The highest BCUT2D eigenvalue weighted by Gasteiger charge is 2.08. The molecule has 0 aliphatic heterocycles. The first-order valence-corrected chi connectivity index (χ1v) is 5.26. The molecule has 1 N–H and O–H groups in total. The lowest BCUT2D eigenvalue weighted by molar-refractivity contribution is 0.793. The van der Waals surface area contributed by atoms with Crippen LogP contribution in [0.2, 0.25) is 5.02 Å². The zero-order valence-electron chi connectivity index (χ0n) is 7.67. The van der Waals surface area contributed by atoms with Gasteiger partial charge in [0.15, 0.2) is 0 Å². The summed E-state index contributed by atoms with van der Waals surface area (Å²) in [6, 6.07) is 3.15. The number of rotatable bonds is 0. The number of H-pyrrole nitrogens is 1. The molecule has 0 amide bonds. The van der Waals surface area contributed by atoms with Crippen LogP contribution in [0.5, 0.6) is 0 Å². The average molecular weight is 290 g/mol. The summed E-state index contributed by atoms with van der Waals surface area (Å²) >= 11 is 9.06. The first kappa shape index (κ1) is 10.4. The maximum absolute atomic E-state index is 11.7. The second-order valence-electron chi connectivity index (χ2n) is 3.10. The molecule has 0 bridgehead atoms. The number of halogens is 2. The molecule has 15 heavy (non-hydrogen) atoms. The smallest absolute Gasteiger partial charge is 0.306 e. The van der Waals surface area contributed by atoms with Gasteiger partial charge in [-0.05, 0) is 28.1 Å². The van der Waals surface area contributed by atoms with Crippen LogP contribution in [0, 0.1) is 0 Å². The third-order valence-corrected chi connectivity index (χ3v) is 2.97. The maximum atomic E-state index is 11.7. The van der Waals surface area contributed by atoms with Gasteiger partial charge in [0.25, 0.3) is 5.56 Å². The van der Waals surface area contributed by atoms with Gasteiger partial charge in [0, 0.05) is 16.5 Å². The first-order valence-electron chi connectivity index (χ1n) is 4.09. The largest absolute Gasteiger partial charge is 0.328 e. The van der Waals surface area contributed by atoms with Crippen molar-refractivity contribution in [1.82, 2.24) is 9.55 Å². The summed E-state index contributed by atoms with van der Waals surface area (Å²) in [6.07, 6.45) is 0. The number of benzene rings is 1. The minimum atomic E-state index is -0.449. The Balaban J connectivity index is 3.13. The highest BCUT2D eigenvalue weighted by atomic mass is 79.9. The Morgan fingerprint density at radius 3 is 2.73 bits per heavy atom. The van der Waals surface area contributed by atoms with E-state index in [-0.39, 0.29) is 5.56 Å². The predicted octanol–water partition coefficient (Wildman–Crippen LogP) is 1.64. The van der Waals surface area contributed by atoms with E-state index in [0.717, 1.165) is 4.57 Å². The Morgan fingerprint density at radius 2 is 2.07 bits per heavy atom. The fourth-order valence-corrected chi connectivity index (χ4v) is 2.24. The normalized spacial score (nSPS) is 10.9. The molecule has 4 nitrogen and oxygen atoms in total. The zero-order valence-corrected chi connectivity index (χ0v) is 10.0. The van der Waals surface area contributed by atoms with Crippen LogP contribution in [0.1, 0.15) is 0 Å². The molecular formula is C9H6BrClN2O2. The molecule has 0 aliphatic carbocycles. The van der Waals surface area contributed by atoms with E-state index in [1.165, 1.54) is 13.1 Å². The lowest BCUT2D eigenvalue weighted by atomic mass is 10.2. The summed E-state index contributed by atoms with van der Waals surface area (Å²) in [7, 11) is 1.41. The highest BCUT2D eigenvalue weighted by molar-refractivity contribution is 9.10. The second kappa shape index (κ2) is 3.50. The van der Waals surface area contributed by atoms with Gasteiger partial charge in [0.2, 0.25) is 0 Å². The molecule has 78 valence electrons. The van der Waals surface area contributed by atoms with Crippen molar-refractivity contribution < 1.29 is 0 Å². The molecule has 0 spiro atoms. The number of aromatic nitrogens is 2. The summed E-state index contributed by atoms with van der Waals surface area (Å²) in [5.41, 5.74) is -0.347. The van der Waals surface area contributed by atoms with Crippen LogP contribution in [0.25, 0.3) is 10.9 Å². The van der Waals surface area contributed by atoms with Gasteiger partial charge >= 0.3 is 5.69 Å². The van der Waals surface area contributed by atoms with Gasteiger partial charge in [-0.3, -0.25) is 9.36 Å². The van der Waals surface area contributed by atoms with E-state index < -0.39 is 5.69 Å². The van der Waals surface area contributed by atoms with E-state index in [4.69, 9.17) is 11.6 Å². The van der Waals surface area contributed by atoms with Crippen molar-refractivity contribution in [2.75, 3.05) is 0 Å². The SMILES string of the molecule is Cn1c(=O)[nH]c2c(Br)cc(Cl)cc2c1=O. The van der Waals surface area contributed by atoms with E-state index in [0.29, 0.717) is 20.4 Å². The molecule has 0 fully saturated rings. The van der Waals surface area contributed by atoms with Crippen LogP contribution >= 0.6 is 27.5 Å². The van der Waals surface area contributed by atoms with Crippen LogP contribution in [0.3, 0.4) is 0 Å². The average Bonchev–Trinajstić information content (AvgIpc) is 2.17. The van der Waals surface area contributed by atoms with Crippen molar-refractivity contribution in [2.24, 2.45) is 7.05 Å². The summed E-state index contributed by atoms with van der Waals surface area (Å²) in [5.74, 6) is 0. The third kappa shape index (κ3) is 1.61. The van der Waals surface area contributed by atoms with Crippen molar-refractivity contribution in [3.05, 3.63) is 42.5 Å².